The number of piperazine rings is 1. The first kappa shape index (κ1) is 14.9. The molecule has 2 N–H and O–H groups in total. The van der Waals surface area contributed by atoms with Crippen LogP contribution in [0.4, 0.5) is 5.69 Å². The predicted molar refractivity (Wildman–Crippen MR) is 83.0 cm³/mol. The van der Waals surface area contributed by atoms with Crippen LogP contribution >= 0.6 is 0 Å². The minimum absolute atomic E-state index is 0.0492. The number of rotatable bonds is 5. The number of anilines is 1. The molecular formula is C16H25N3O. The van der Waals surface area contributed by atoms with E-state index in [4.69, 9.17) is 0 Å². The van der Waals surface area contributed by atoms with Gasteiger partial charge in [-0.2, -0.15) is 0 Å². The van der Waals surface area contributed by atoms with E-state index in [2.05, 4.69) is 54.5 Å². The third-order valence-electron chi connectivity index (χ3n) is 3.83. The van der Waals surface area contributed by atoms with E-state index in [0.717, 1.165) is 32.6 Å². The van der Waals surface area contributed by atoms with Crippen molar-refractivity contribution in [1.82, 2.24) is 10.6 Å². The Balaban J connectivity index is 2.31. The lowest BCUT2D eigenvalue weighted by Crippen LogP contribution is -2.55. The molecule has 1 atom stereocenters. The van der Waals surface area contributed by atoms with Crippen molar-refractivity contribution in [2.45, 2.75) is 39.8 Å². The van der Waals surface area contributed by atoms with Crippen molar-refractivity contribution < 1.29 is 4.79 Å². The van der Waals surface area contributed by atoms with Gasteiger partial charge in [0.25, 0.3) is 0 Å². The summed E-state index contributed by atoms with van der Waals surface area (Å²) in [4.78, 5) is 14.3. The molecule has 1 amide bonds. The van der Waals surface area contributed by atoms with E-state index < -0.39 is 0 Å². The number of amides is 1. The molecule has 0 saturated carbocycles. The van der Waals surface area contributed by atoms with Gasteiger partial charge in [0, 0.05) is 25.3 Å². The lowest BCUT2D eigenvalue weighted by molar-refractivity contribution is -0.123. The molecule has 1 aromatic carbocycles. The molecule has 1 saturated heterocycles. The number of hydrogen-bond acceptors (Lipinski definition) is 3. The van der Waals surface area contributed by atoms with Crippen molar-refractivity contribution in [3.05, 3.63) is 29.3 Å². The maximum Gasteiger partial charge on any atom is 0.242 e. The molecule has 1 aliphatic heterocycles. The fourth-order valence-electron chi connectivity index (χ4n) is 2.80. The van der Waals surface area contributed by atoms with Gasteiger partial charge in [0.2, 0.25) is 5.91 Å². The van der Waals surface area contributed by atoms with Crippen LogP contribution in [-0.2, 0) is 11.3 Å². The molecule has 1 unspecified atom stereocenters. The second-order valence-electron chi connectivity index (χ2n) is 5.32. The molecule has 110 valence electrons. The van der Waals surface area contributed by atoms with Gasteiger partial charge < -0.3 is 15.5 Å². The molecule has 0 aromatic heterocycles. The zero-order valence-electron chi connectivity index (χ0n) is 12.7. The first-order valence-electron chi connectivity index (χ1n) is 7.52. The zero-order valence-corrected chi connectivity index (χ0v) is 12.7. The van der Waals surface area contributed by atoms with Crippen LogP contribution in [0.5, 0.6) is 0 Å². The molecule has 0 bridgehead atoms. The number of carbonyl (C=O) groups is 1. The highest BCUT2D eigenvalue weighted by Crippen LogP contribution is 2.26. The Morgan fingerprint density at radius 3 is 2.90 bits per heavy atom. The van der Waals surface area contributed by atoms with Crippen molar-refractivity contribution in [2.75, 3.05) is 24.5 Å². The van der Waals surface area contributed by atoms with E-state index in [1.54, 1.807) is 0 Å². The highest BCUT2D eigenvalue weighted by Gasteiger charge is 2.29. The van der Waals surface area contributed by atoms with Crippen LogP contribution in [0.3, 0.4) is 0 Å². The summed E-state index contributed by atoms with van der Waals surface area (Å²) in [6.45, 7) is 9.70. The maximum atomic E-state index is 12.0. The topological polar surface area (TPSA) is 44.4 Å². The summed E-state index contributed by atoms with van der Waals surface area (Å²) in [5.74, 6) is 0.147. The van der Waals surface area contributed by atoms with Crippen LogP contribution in [0.25, 0.3) is 0 Å². The summed E-state index contributed by atoms with van der Waals surface area (Å²) in [5, 5.41) is 6.35. The van der Waals surface area contributed by atoms with Gasteiger partial charge in [-0.25, -0.2) is 0 Å². The van der Waals surface area contributed by atoms with Gasteiger partial charge in [-0.3, -0.25) is 4.79 Å². The summed E-state index contributed by atoms with van der Waals surface area (Å²) in [7, 11) is 0. The van der Waals surface area contributed by atoms with E-state index in [1.165, 1.54) is 16.8 Å². The number of hydrogen-bond donors (Lipinski definition) is 2. The Kier molecular flexibility index (Phi) is 5.01. The molecule has 2 rings (SSSR count). The molecule has 0 radical (unpaired) electrons. The zero-order chi connectivity index (χ0) is 14.5. The van der Waals surface area contributed by atoms with Crippen LogP contribution in [0, 0.1) is 6.92 Å². The minimum atomic E-state index is -0.0492. The quantitative estimate of drug-likeness (QED) is 0.861. The van der Waals surface area contributed by atoms with E-state index >= 15 is 0 Å². The third-order valence-corrected chi connectivity index (χ3v) is 3.83. The lowest BCUT2D eigenvalue weighted by atomic mass is 10.0. The summed E-state index contributed by atoms with van der Waals surface area (Å²) in [6, 6.07) is 6.46. The molecule has 1 heterocycles. The molecule has 1 aliphatic rings. The molecule has 4 nitrogen and oxygen atoms in total. The third kappa shape index (κ3) is 3.12. The number of carbonyl (C=O) groups excluding carboxylic acids is 1. The van der Waals surface area contributed by atoms with Crippen molar-refractivity contribution in [3.8, 4) is 0 Å². The number of benzene rings is 1. The van der Waals surface area contributed by atoms with Crippen LogP contribution in [0.2, 0.25) is 0 Å². The van der Waals surface area contributed by atoms with Gasteiger partial charge in [0.15, 0.2) is 0 Å². The summed E-state index contributed by atoms with van der Waals surface area (Å²) in [6.07, 6.45) is 0.834. The SMILES string of the molecule is CCNCc1cc(C)ccc1N1CCNC(=O)C1CC. The Bertz CT molecular complexity index is 473. The molecule has 20 heavy (non-hydrogen) atoms. The van der Waals surface area contributed by atoms with E-state index in [1.807, 2.05) is 0 Å². The second-order valence-corrected chi connectivity index (χ2v) is 5.32. The van der Waals surface area contributed by atoms with Gasteiger partial charge in [-0.05, 0) is 31.5 Å². The highest BCUT2D eigenvalue weighted by atomic mass is 16.2. The maximum absolute atomic E-state index is 12.0. The Morgan fingerprint density at radius 2 is 2.20 bits per heavy atom. The van der Waals surface area contributed by atoms with Crippen molar-refractivity contribution in [3.63, 3.8) is 0 Å². The second kappa shape index (κ2) is 6.75. The van der Waals surface area contributed by atoms with Crippen LogP contribution in [-0.4, -0.2) is 31.6 Å². The van der Waals surface area contributed by atoms with Crippen molar-refractivity contribution in [2.24, 2.45) is 0 Å². The minimum Gasteiger partial charge on any atom is -0.357 e. The number of aryl methyl sites for hydroxylation is 1. The molecular weight excluding hydrogens is 250 g/mol. The van der Waals surface area contributed by atoms with Crippen molar-refractivity contribution in [1.29, 1.82) is 0 Å². The van der Waals surface area contributed by atoms with Crippen LogP contribution in [0.1, 0.15) is 31.4 Å². The number of nitrogens with one attached hydrogen (secondary N) is 2. The first-order chi connectivity index (χ1) is 9.67. The van der Waals surface area contributed by atoms with Gasteiger partial charge in [0.1, 0.15) is 6.04 Å². The Morgan fingerprint density at radius 1 is 1.40 bits per heavy atom. The Hall–Kier alpha value is -1.55. The van der Waals surface area contributed by atoms with Crippen molar-refractivity contribution >= 4 is 11.6 Å². The van der Waals surface area contributed by atoms with Gasteiger partial charge >= 0.3 is 0 Å². The summed E-state index contributed by atoms with van der Waals surface area (Å²) < 4.78 is 0. The first-order valence-corrected chi connectivity index (χ1v) is 7.52. The molecule has 0 aliphatic carbocycles. The van der Waals surface area contributed by atoms with Gasteiger partial charge in [-0.15, -0.1) is 0 Å². The standard InChI is InChI=1S/C16H25N3O/c1-4-14-16(20)18-8-9-19(14)15-7-6-12(3)10-13(15)11-17-5-2/h6-7,10,14,17H,4-5,8-9,11H2,1-3H3,(H,18,20). The largest absolute Gasteiger partial charge is 0.357 e. The molecule has 1 fully saturated rings. The predicted octanol–water partition coefficient (Wildman–Crippen LogP) is 1.82. The van der Waals surface area contributed by atoms with Gasteiger partial charge in [-0.1, -0.05) is 31.5 Å². The van der Waals surface area contributed by atoms with E-state index in [0.29, 0.717) is 0 Å². The smallest absolute Gasteiger partial charge is 0.242 e. The normalized spacial score (nSPS) is 19.1. The molecule has 1 aromatic rings. The highest BCUT2D eigenvalue weighted by molar-refractivity contribution is 5.86. The van der Waals surface area contributed by atoms with Gasteiger partial charge in [0.05, 0.1) is 0 Å². The summed E-state index contributed by atoms with van der Waals surface area (Å²) in [5.41, 5.74) is 3.73. The number of nitrogens with zero attached hydrogens (tertiary/aromatic N) is 1. The fraction of sp³-hybridized carbons (Fsp3) is 0.562. The van der Waals surface area contributed by atoms with E-state index in [-0.39, 0.29) is 11.9 Å². The average molecular weight is 275 g/mol. The molecule has 0 spiro atoms. The average Bonchev–Trinajstić information content (AvgIpc) is 2.45. The van der Waals surface area contributed by atoms with E-state index in [9.17, 15) is 4.79 Å². The monoisotopic (exact) mass is 275 g/mol. The summed E-state index contributed by atoms with van der Waals surface area (Å²) >= 11 is 0. The lowest BCUT2D eigenvalue weighted by Gasteiger charge is -2.37. The van der Waals surface area contributed by atoms with Crippen LogP contribution < -0.4 is 15.5 Å². The molecule has 4 heteroatoms. The Labute approximate surface area is 121 Å². The fourth-order valence-corrected chi connectivity index (χ4v) is 2.80. The van der Waals surface area contributed by atoms with Crippen LogP contribution in [0.15, 0.2) is 18.2 Å².